The van der Waals surface area contributed by atoms with Crippen molar-refractivity contribution in [2.24, 2.45) is 29.6 Å². The van der Waals surface area contributed by atoms with Crippen LogP contribution in [0.1, 0.15) is 165 Å². The fourth-order valence-electron chi connectivity index (χ4n) is 7.30. The maximum Gasteiger partial charge on any atom is 0.308 e. The Labute approximate surface area is 393 Å². The molecule has 2 aliphatic rings. The van der Waals surface area contributed by atoms with Gasteiger partial charge in [0.25, 0.3) is 11.7 Å². The quantitative estimate of drug-likeness (QED) is 0.0181. The maximum atomic E-state index is 12.6. The van der Waals surface area contributed by atoms with E-state index in [4.69, 9.17) is 24.8 Å². The van der Waals surface area contributed by atoms with Crippen molar-refractivity contribution < 1.29 is 59.0 Å². The maximum absolute atomic E-state index is 12.6. The number of carbonyl (C=O) groups is 5. The van der Waals surface area contributed by atoms with Crippen molar-refractivity contribution in [1.82, 2.24) is 4.90 Å². The van der Waals surface area contributed by atoms with Crippen LogP contribution >= 0.6 is 0 Å². The Morgan fingerprint density at radius 3 is 2.09 bits per heavy atom. The number of aliphatic hydroxyl groups excluding tert-OH is 4. The molecule has 1 saturated carbocycles. The number of nitrogens with zero attached hydrogens (tertiary/aromatic N) is 1. The highest BCUT2D eigenvalue weighted by molar-refractivity contribution is 6.37. The first-order chi connectivity index (χ1) is 31.0. The molecule has 1 aliphatic carbocycles. The normalized spacial score (nSPS) is 19.5. The van der Waals surface area contributed by atoms with Gasteiger partial charge in [0, 0.05) is 59.1 Å². The SMILES string of the molecule is CC.CC(C)CCCO[C@@H](O)C(=O)C(=O)N1CCC[C@@H](C(=O)O)C1.CC/C(C)=C/C=C/C=C/CC[C@@H](C)C(=O)C[C@H](O)/C(C)=C/[C@@H](C)C(=O)CCCC[C@@H]1CCC[C@H](OC)C1.CO.CO. The zero-order valence-corrected chi connectivity index (χ0v) is 42.6. The van der Waals surface area contributed by atoms with Gasteiger partial charge in [-0.2, -0.15) is 0 Å². The average Bonchev–Trinajstić information content (AvgIpc) is 3.32. The molecule has 5 N–H and O–H groups in total. The second-order valence-electron chi connectivity index (χ2n) is 17.2. The second-order valence-corrected chi connectivity index (χ2v) is 17.2. The van der Waals surface area contributed by atoms with Gasteiger partial charge in [-0.15, -0.1) is 0 Å². The first-order valence-electron chi connectivity index (χ1n) is 24.2. The molecule has 7 atom stereocenters. The number of ether oxygens (including phenoxy) is 2. The van der Waals surface area contributed by atoms with Gasteiger partial charge >= 0.3 is 5.97 Å². The molecule has 1 amide bonds. The first kappa shape index (κ1) is 65.9. The van der Waals surface area contributed by atoms with Gasteiger partial charge in [0.05, 0.1) is 24.7 Å². The molecule has 0 aromatic rings. The highest BCUT2D eigenvalue weighted by Gasteiger charge is 2.34. The molecule has 378 valence electrons. The number of hydrogen-bond acceptors (Lipinski definition) is 11. The minimum Gasteiger partial charge on any atom is -0.481 e. The Morgan fingerprint density at radius 2 is 1.49 bits per heavy atom. The zero-order valence-electron chi connectivity index (χ0n) is 42.6. The van der Waals surface area contributed by atoms with Crippen molar-refractivity contribution in [3.8, 4) is 0 Å². The topological polar surface area (TPSA) is 208 Å². The summed E-state index contributed by atoms with van der Waals surface area (Å²) in [7, 11) is 3.81. The molecule has 2 rings (SSSR count). The number of carboxylic acid groups (broad SMARTS) is 1. The van der Waals surface area contributed by atoms with Crippen LogP contribution in [-0.2, 0) is 33.4 Å². The summed E-state index contributed by atoms with van der Waals surface area (Å²) in [4.78, 5) is 61.2. The predicted octanol–water partition coefficient (Wildman–Crippen LogP) is 9.00. The minimum atomic E-state index is -1.77. The molecule has 1 saturated heterocycles. The fraction of sp³-hybridized carbons (Fsp3) is 0.750. The summed E-state index contributed by atoms with van der Waals surface area (Å²) < 4.78 is 10.5. The van der Waals surface area contributed by atoms with Crippen LogP contribution in [-0.4, -0.2) is 119 Å². The molecule has 13 heteroatoms. The van der Waals surface area contributed by atoms with Crippen LogP contribution in [0.5, 0.6) is 0 Å². The van der Waals surface area contributed by atoms with Gasteiger partial charge in [-0.1, -0.05) is 116 Å². The Hall–Kier alpha value is -3.33. The molecule has 0 spiro atoms. The smallest absolute Gasteiger partial charge is 0.308 e. The monoisotopic (exact) mass is 924 g/mol. The number of rotatable bonds is 26. The molecule has 1 aliphatic heterocycles. The fourth-order valence-corrected chi connectivity index (χ4v) is 7.30. The van der Waals surface area contributed by atoms with E-state index in [9.17, 15) is 34.2 Å². The van der Waals surface area contributed by atoms with E-state index in [0.29, 0.717) is 44.2 Å². The van der Waals surface area contributed by atoms with Crippen molar-refractivity contribution in [2.45, 2.75) is 184 Å². The van der Waals surface area contributed by atoms with Crippen molar-refractivity contribution in [3.05, 3.63) is 47.6 Å². The van der Waals surface area contributed by atoms with E-state index in [1.54, 1.807) is 0 Å². The van der Waals surface area contributed by atoms with Crippen molar-refractivity contribution in [2.75, 3.05) is 41.0 Å². The summed E-state index contributed by atoms with van der Waals surface area (Å²) in [5, 5.41) is 43.2. The van der Waals surface area contributed by atoms with E-state index in [0.717, 1.165) is 70.7 Å². The third kappa shape index (κ3) is 32.1. The van der Waals surface area contributed by atoms with Crippen LogP contribution in [0, 0.1) is 29.6 Å². The molecule has 0 aromatic heterocycles. The summed E-state index contributed by atoms with van der Waals surface area (Å²) in [5.41, 5.74) is 2.06. The second kappa shape index (κ2) is 42.1. The number of ketones is 3. The summed E-state index contributed by atoms with van der Waals surface area (Å²) >= 11 is 0. The number of aliphatic carboxylic acids is 1. The Morgan fingerprint density at radius 1 is 0.831 bits per heavy atom. The summed E-state index contributed by atoms with van der Waals surface area (Å²) in [6.45, 7) is 18.5. The van der Waals surface area contributed by atoms with Crippen LogP contribution in [0.15, 0.2) is 47.6 Å². The zero-order chi connectivity index (χ0) is 50.3. The highest BCUT2D eigenvalue weighted by Crippen LogP contribution is 2.30. The molecule has 65 heavy (non-hydrogen) atoms. The van der Waals surface area contributed by atoms with Crippen LogP contribution in [0.4, 0.5) is 0 Å². The number of Topliss-reactive ketones (excluding diaryl/α,β-unsaturated/α-hetero) is 3. The van der Waals surface area contributed by atoms with Gasteiger partial charge in [0.1, 0.15) is 11.6 Å². The Kier molecular flexibility index (Phi) is 42.7. The van der Waals surface area contributed by atoms with E-state index in [2.05, 4.69) is 39.8 Å². The summed E-state index contributed by atoms with van der Waals surface area (Å²) in [5.74, 6) is -2.35. The predicted molar refractivity (Wildman–Crippen MR) is 261 cm³/mol. The van der Waals surface area contributed by atoms with E-state index >= 15 is 0 Å². The number of amides is 1. The molecule has 0 radical (unpaired) electrons. The van der Waals surface area contributed by atoms with Gasteiger partial charge < -0.3 is 39.9 Å². The molecular weight excluding hydrogens is 831 g/mol. The van der Waals surface area contributed by atoms with Gasteiger partial charge in [-0.05, 0) is 95.5 Å². The lowest BCUT2D eigenvalue weighted by molar-refractivity contribution is -0.168. The number of likely N-dealkylation sites (tertiary alicyclic amines) is 1. The molecule has 0 bridgehead atoms. The number of hydrogen-bond donors (Lipinski definition) is 5. The summed E-state index contributed by atoms with van der Waals surface area (Å²) in [6, 6.07) is 0. The van der Waals surface area contributed by atoms with Gasteiger partial charge in [0.15, 0.2) is 0 Å². The standard InChI is InChI=1S/C33H54O4.C15H25NO6.C2H6.2CH4O/c1-7-25(2)16-11-9-8-10-12-17-26(3)32(35)24-33(36)28(5)22-27(4)31(34)21-14-13-18-29-19-15-20-30(23-29)37-6;1-10(2)5-4-8-22-15(21)12(17)13(18)16-7-3-6-11(9-16)14(19)20;3*1-2/h8-11,16,22,26-27,29-30,33,36H,7,12-15,17-21,23-24H2,1-6H3;10-11,15,21H,3-9H2,1-2H3,(H,19,20);1-2H3;2*2H,1H3/b10-8+,11-9+,25-16+,28-22+;;;;/t26-,27-,29-,30+,33+;11-,15-;;;/m11.../s1. The largest absolute Gasteiger partial charge is 0.481 e. The van der Waals surface area contributed by atoms with E-state index in [1.165, 1.54) is 36.2 Å². The molecule has 0 aromatic carbocycles. The number of unbranched alkanes of at least 4 members (excludes halogenated alkanes) is 1. The van der Waals surface area contributed by atoms with Crippen LogP contribution in [0.2, 0.25) is 0 Å². The number of piperidine rings is 1. The van der Waals surface area contributed by atoms with Crippen LogP contribution in [0.3, 0.4) is 0 Å². The third-order valence-corrected chi connectivity index (χ3v) is 11.6. The van der Waals surface area contributed by atoms with Crippen LogP contribution in [0.25, 0.3) is 0 Å². The lowest BCUT2D eigenvalue weighted by Gasteiger charge is -2.30. The number of methoxy groups -OCH3 is 1. The van der Waals surface area contributed by atoms with Crippen molar-refractivity contribution in [3.63, 3.8) is 0 Å². The van der Waals surface area contributed by atoms with E-state index in [1.807, 2.05) is 66.0 Å². The molecular formula is C52H93NO12. The number of allylic oxidation sites excluding steroid dienone is 7. The molecule has 13 nitrogen and oxygen atoms in total. The Bertz CT molecular complexity index is 1400. The lowest BCUT2D eigenvalue weighted by Crippen LogP contribution is -2.48. The number of carboxylic acids is 1. The van der Waals surface area contributed by atoms with Crippen molar-refractivity contribution in [1.29, 1.82) is 0 Å². The Balaban J connectivity index is -0.00000117. The van der Waals surface area contributed by atoms with Gasteiger partial charge in [0.2, 0.25) is 6.29 Å². The highest BCUT2D eigenvalue weighted by atomic mass is 16.6. The van der Waals surface area contributed by atoms with E-state index < -0.39 is 36.0 Å². The number of carbonyl (C=O) groups excluding carboxylic acids is 4. The average molecular weight is 924 g/mol. The first-order valence-corrected chi connectivity index (χ1v) is 24.2. The minimum absolute atomic E-state index is 0.0000237. The number of aliphatic hydroxyl groups is 4. The molecule has 0 unspecified atom stereocenters. The summed E-state index contributed by atoms with van der Waals surface area (Å²) in [6.07, 6.45) is 23.9. The van der Waals surface area contributed by atoms with Crippen LogP contribution < -0.4 is 0 Å². The van der Waals surface area contributed by atoms with E-state index in [-0.39, 0.29) is 43.0 Å². The third-order valence-electron chi connectivity index (χ3n) is 11.6. The molecule has 1 heterocycles. The van der Waals surface area contributed by atoms with Gasteiger partial charge in [-0.25, -0.2) is 0 Å². The van der Waals surface area contributed by atoms with Crippen molar-refractivity contribution >= 4 is 29.2 Å². The molecule has 2 fully saturated rings. The lowest BCUT2D eigenvalue weighted by atomic mass is 9.83. The van der Waals surface area contributed by atoms with Gasteiger partial charge in [-0.3, -0.25) is 24.0 Å².